The number of benzene rings is 2. The van der Waals surface area contributed by atoms with Gasteiger partial charge in [0.05, 0.1) is 50.4 Å². The lowest BCUT2D eigenvalue weighted by Crippen LogP contribution is -3.06. The molecule has 0 atom stereocenters. The minimum absolute atomic E-state index is 0.0690. The summed E-state index contributed by atoms with van der Waals surface area (Å²) in [5.74, 6) is 0.896. The number of thiazole rings is 1. The second-order valence-electron chi connectivity index (χ2n) is 6.72. The molecule has 2 aromatic carbocycles. The zero-order valence-corrected chi connectivity index (χ0v) is 16.9. The van der Waals surface area contributed by atoms with Crippen LogP contribution in [0.15, 0.2) is 48.5 Å². The Morgan fingerprint density at radius 2 is 1.89 bits per heavy atom. The summed E-state index contributed by atoms with van der Waals surface area (Å²) in [7, 11) is 4.18. The standard InChI is InChI=1S/C21H25N3O2S/c1-4-26-17-11-9-16(10-12-17)15-20(25)24(14-13-23(2)3)21-22-18-7-5-6-8-19(18)27-21/h5-12H,4,13-15H2,1-3H3/p+1. The maximum absolute atomic E-state index is 13.1. The largest absolute Gasteiger partial charge is 0.494 e. The fourth-order valence-electron chi connectivity index (χ4n) is 2.78. The molecule has 0 aliphatic rings. The Morgan fingerprint density at radius 3 is 2.56 bits per heavy atom. The van der Waals surface area contributed by atoms with E-state index in [1.165, 1.54) is 4.90 Å². The summed E-state index contributed by atoms with van der Waals surface area (Å²) >= 11 is 1.57. The van der Waals surface area contributed by atoms with Crippen LogP contribution in [-0.2, 0) is 11.2 Å². The zero-order chi connectivity index (χ0) is 19.2. The van der Waals surface area contributed by atoms with Crippen LogP contribution in [0, 0.1) is 0 Å². The molecule has 0 radical (unpaired) electrons. The Morgan fingerprint density at radius 1 is 1.15 bits per heavy atom. The molecular weight excluding hydrogens is 358 g/mol. The first kappa shape index (κ1) is 19.3. The summed E-state index contributed by atoms with van der Waals surface area (Å²) in [6.45, 7) is 4.11. The second kappa shape index (κ2) is 8.97. The van der Waals surface area contributed by atoms with Crippen LogP contribution in [0.25, 0.3) is 10.2 Å². The summed E-state index contributed by atoms with van der Waals surface area (Å²) in [6, 6.07) is 15.7. The normalized spacial score (nSPS) is 11.1. The van der Waals surface area contributed by atoms with Gasteiger partial charge in [0, 0.05) is 0 Å². The van der Waals surface area contributed by atoms with Crippen molar-refractivity contribution < 1.29 is 14.4 Å². The SMILES string of the molecule is CCOc1ccc(CC(=O)N(CC[NH+](C)C)c2nc3ccccc3s2)cc1. The van der Waals surface area contributed by atoms with Crippen LogP contribution >= 0.6 is 11.3 Å². The van der Waals surface area contributed by atoms with Gasteiger partial charge in [-0.05, 0) is 36.8 Å². The molecule has 27 heavy (non-hydrogen) atoms. The molecule has 0 aliphatic carbocycles. The van der Waals surface area contributed by atoms with Crippen molar-refractivity contribution >= 4 is 32.6 Å². The van der Waals surface area contributed by atoms with E-state index in [9.17, 15) is 4.79 Å². The van der Waals surface area contributed by atoms with Gasteiger partial charge in [0.2, 0.25) is 5.91 Å². The van der Waals surface area contributed by atoms with Crippen LogP contribution in [0.4, 0.5) is 5.13 Å². The van der Waals surface area contributed by atoms with E-state index < -0.39 is 0 Å². The van der Waals surface area contributed by atoms with Crippen molar-refractivity contribution in [2.24, 2.45) is 0 Å². The molecule has 5 nitrogen and oxygen atoms in total. The van der Waals surface area contributed by atoms with E-state index in [1.807, 2.05) is 60.4 Å². The number of carbonyl (C=O) groups is 1. The molecule has 0 unspecified atom stereocenters. The molecule has 0 saturated heterocycles. The smallest absolute Gasteiger partial charge is 0.233 e. The summed E-state index contributed by atoms with van der Waals surface area (Å²) in [5.41, 5.74) is 1.92. The Labute approximate surface area is 164 Å². The number of fused-ring (bicyclic) bond motifs is 1. The monoisotopic (exact) mass is 384 g/mol. The lowest BCUT2D eigenvalue weighted by Gasteiger charge is -2.20. The molecule has 6 heteroatoms. The molecule has 1 aromatic heterocycles. The highest BCUT2D eigenvalue weighted by Gasteiger charge is 2.21. The van der Waals surface area contributed by atoms with Crippen LogP contribution < -0.4 is 14.5 Å². The van der Waals surface area contributed by atoms with E-state index in [1.54, 1.807) is 11.3 Å². The Kier molecular flexibility index (Phi) is 6.42. The number of para-hydroxylation sites is 1. The predicted molar refractivity (Wildman–Crippen MR) is 111 cm³/mol. The Bertz CT molecular complexity index is 857. The number of carbonyl (C=O) groups excluding carboxylic acids is 1. The van der Waals surface area contributed by atoms with Gasteiger partial charge in [0.25, 0.3) is 0 Å². The van der Waals surface area contributed by atoms with Gasteiger partial charge in [-0.1, -0.05) is 35.6 Å². The molecule has 0 bridgehead atoms. The molecule has 1 heterocycles. The second-order valence-corrected chi connectivity index (χ2v) is 7.73. The highest BCUT2D eigenvalue weighted by atomic mass is 32.1. The van der Waals surface area contributed by atoms with Crippen molar-refractivity contribution in [3.05, 3.63) is 54.1 Å². The van der Waals surface area contributed by atoms with Crippen LogP contribution in [0.2, 0.25) is 0 Å². The minimum Gasteiger partial charge on any atom is -0.494 e. The van der Waals surface area contributed by atoms with E-state index >= 15 is 0 Å². The van der Waals surface area contributed by atoms with E-state index in [0.29, 0.717) is 19.6 Å². The maximum atomic E-state index is 13.1. The number of nitrogens with one attached hydrogen (secondary N) is 1. The third-order valence-electron chi connectivity index (χ3n) is 4.24. The van der Waals surface area contributed by atoms with Crippen molar-refractivity contribution in [2.45, 2.75) is 13.3 Å². The summed E-state index contributed by atoms with van der Waals surface area (Å²) in [5, 5.41) is 0.772. The van der Waals surface area contributed by atoms with E-state index in [2.05, 4.69) is 19.1 Å². The molecule has 0 saturated carbocycles. The van der Waals surface area contributed by atoms with Gasteiger partial charge < -0.3 is 9.64 Å². The molecule has 0 aliphatic heterocycles. The molecular formula is C21H26N3O2S+. The highest BCUT2D eigenvalue weighted by molar-refractivity contribution is 7.22. The van der Waals surface area contributed by atoms with Crippen molar-refractivity contribution in [1.29, 1.82) is 0 Å². The number of quaternary nitrogens is 1. The fourth-order valence-corrected chi connectivity index (χ4v) is 3.79. The summed E-state index contributed by atoms with van der Waals surface area (Å²) < 4.78 is 6.58. The first-order valence-electron chi connectivity index (χ1n) is 9.23. The lowest BCUT2D eigenvalue weighted by atomic mass is 10.1. The number of likely N-dealkylation sites (N-methyl/N-ethyl adjacent to an activating group) is 1. The van der Waals surface area contributed by atoms with Gasteiger partial charge in [-0.3, -0.25) is 9.69 Å². The quantitative estimate of drug-likeness (QED) is 0.649. The van der Waals surface area contributed by atoms with Gasteiger partial charge in [-0.15, -0.1) is 0 Å². The average molecular weight is 385 g/mol. The number of ether oxygens (including phenoxy) is 1. The maximum Gasteiger partial charge on any atom is 0.233 e. The molecule has 3 aromatic rings. The Hall–Kier alpha value is -2.44. The molecule has 0 fully saturated rings. The van der Waals surface area contributed by atoms with Gasteiger partial charge >= 0.3 is 0 Å². The highest BCUT2D eigenvalue weighted by Crippen LogP contribution is 2.29. The first-order valence-corrected chi connectivity index (χ1v) is 10.0. The van der Waals surface area contributed by atoms with Crippen molar-refractivity contribution in [3.63, 3.8) is 0 Å². The van der Waals surface area contributed by atoms with Crippen LogP contribution in [0.5, 0.6) is 5.75 Å². The topological polar surface area (TPSA) is 46.9 Å². The van der Waals surface area contributed by atoms with E-state index in [-0.39, 0.29) is 5.91 Å². The Balaban J connectivity index is 1.79. The van der Waals surface area contributed by atoms with E-state index in [0.717, 1.165) is 33.2 Å². The first-order chi connectivity index (χ1) is 13.1. The van der Waals surface area contributed by atoms with Crippen LogP contribution in [0.3, 0.4) is 0 Å². The number of aromatic nitrogens is 1. The van der Waals surface area contributed by atoms with Gasteiger partial charge in [0.15, 0.2) is 5.13 Å². The van der Waals surface area contributed by atoms with E-state index in [4.69, 9.17) is 4.74 Å². The third-order valence-corrected chi connectivity index (χ3v) is 5.30. The van der Waals surface area contributed by atoms with Gasteiger partial charge in [0.1, 0.15) is 5.75 Å². The lowest BCUT2D eigenvalue weighted by molar-refractivity contribution is -0.856. The van der Waals surface area contributed by atoms with Gasteiger partial charge in [-0.25, -0.2) is 4.98 Å². The zero-order valence-electron chi connectivity index (χ0n) is 16.1. The number of rotatable bonds is 8. The number of hydrogen-bond acceptors (Lipinski definition) is 4. The minimum atomic E-state index is 0.0690. The predicted octanol–water partition coefficient (Wildman–Crippen LogP) is 2.42. The molecule has 142 valence electrons. The van der Waals surface area contributed by atoms with Crippen LogP contribution in [-0.4, -0.2) is 44.7 Å². The molecule has 0 spiro atoms. The molecule has 3 rings (SSSR count). The molecule has 1 amide bonds. The number of amides is 1. The summed E-state index contributed by atoms with van der Waals surface area (Å²) in [4.78, 5) is 20.9. The molecule has 1 N–H and O–H groups in total. The average Bonchev–Trinajstić information content (AvgIpc) is 3.07. The number of nitrogens with zero attached hydrogens (tertiary/aromatic N) is 2. The number of anilines is 1. The van der Waals surface area contributed by atoms with Crippen LogP contribution in [0.1, 0.15) is 12.5 Å². The van der Waals surface area contributed by atoms with Crippen molar-refractivity contribution in [3.8, 4) is 5.75 Å². The number of hydrogen-bond donors (Lipinski definition) is 1. The fraction of sp³-hybridized carbons (Fsp3) is 0.333. The van der Waals surface area contributed by atoms with Crippen molar-refractivity contribution in [1.82, 2.24) is 4.98 Å². The summed E-state index contributed by atoms with van der Waals surface area (Å²) in [6.07, 6.45) is 0.352. The third kappa shape index (κ3) is 5.05. The van der Waals surface area contributed by atoms with Crippen molar-refractivity contribution in [2.75, 3.05) is 38.7 Å². The van der Waals surface area contributed by atoms with Gasteiger partial charge in [-0.2, -0.15) is 0 Å².